The number of hydrogen-bond acceptors (Lipinski definition) is 4. The van der Waals surface area contributed by atoms with Crippen LogP contribution in [0.15, 0.2) is 12.1 Å². The molecule has 0 saturated carbocycles. The van der Waals surface area contributed by atoms with E-state index in [0.717, 1.165) is 18.4 Å². The average Bonchev–Trinajstić information content (AvgIpc) is 1.97. The minimum absolute atomic E-state index is 0.209. The van der Waals surface area contributed by atoms with Gasteiger partial charge in [0.15, 0.2) is 0 Å². The lowest BCUT2D eigenvalue weighted by molar-refractivity contribution is -0.141. The lowest BCUT2D eigenvalue weighted by Gasteiger charge is -2.09. The van der Waals surface area contributed by atoms with Gasteiger partial charge in [-0.05, 0) is 18.6 Å². The Bertz CT molecular complexity index is 496. The Morgan fingerprint density at radius 1 is 1.31 bits per heavy atom. The van der Waals surface area contributed by atoms with Gasteiger partial charge in [0, 0.05) is 6.07 Å². The maximum Gasteiger partial charge on any atom is 0.433 e. The van der Waals surface area contributed by atoms with Crippen molar-refractivity contribution >= 4 is 10.1 Å². The number of pyridine rings is 1. The second-order valence-corrected chi connectivity index (χ2v) is 4.73. The van der Waals surface area contributed by atoms with Crippen molar-refractivity contribution in [2.24, 2.45) is 0 Å². The highest BCUT2D eigenvalue weighted by molar-refractivity contribution is 7.86. The molecular formula is C8H8F3NO3S. The van der Waals surface area contributed by atoms with Crippen LogP contribution in [0.1, 0.15) is 11.3 Å². The lowest BCUT2D eigenvalue weighted by Crippen LogP contribution is -2.12. The third-order valence-corrected chi connectivity index (χ3v) is 1.95. The van der Waals surface area contributed by atoms with E-state index in [9.17, 15) is 21.6 Å². The molecule has 0 fully saturated rings. The molecule has 0 N–H and O–H groups in total. The Labute approximate surface area is 90.2 Å². The van der Waals surface area contributed by atoms with Crippen LogP contribution in [0.5, 0.6) is 5.88 Å². The van der Waals surface area contributed by atoms with E-state index in [0.29, 0.717) is 0 Å². The fraction of sp³-hybridized carbons (Fsp3) is 0.375. The maximum absolute atomic E-state index is 12.3. The monoisotopic (exact) mass is 255 g/mol. The van der Waals surface area contributed by atoms with Crippen LogP contribution in [0.2, 0.25) is 0 Å². The Morgan fingerprint density at radius 2 is 1.88 bits per heavy atom. The van der Waals surface area contributed by atoms with Gasteiger partial charge in [-0.3, -0.25) is 0 Å². The molecule has 0 bridgehead atoms. The molecule has 0 atom stereocenters. The highest BCUT2D eigenvalue weighted by atomic mass is 32.2. The molecule has 16 heavy (non-hydrogen) atoms. The number of hydrogen-bond donors (Lipinski definition) is 0. The van der Waals surface area contributed by atoms with Gasteiger partial charge in [0.05, 0.1) is 6.26 Å². The normalized spacial score (nSPS) is 12.6. The summed E-state index contributed by atoms with van der Waals surface area (Å²) in [5.41, 5.74) is -0.980. The quantitative estimate of drug-likeness (QED) is 0.755. The molecule has 4 nitrogen and oxygen atoms in total. The van der Waals surface area contributed by atoms with Crippen LogP contribution in [0.3, 0.4) is 0 Å². The van der Waals surface area contributed by atoms with E-state index in [1.807, 2.05) is 0 Å². The fourth-order valence-corrected chi connectivity index (χ4v) is 1.37. The predicted octanol–water partition coefficient (Wildman–Crippen LogP) is 1.75. The van der Waals surface area contributed by atoms with Crippen molar-refractivity contribution in [3.05, 3.63) is 23.4 Å². The zero-order chi connectivity index (χ0) is 12.6. The summed E-state index contributed by atoms with van der Waals surface area (Å²) >= 11 is 0. The zero-order valence-corrected chi connectivity index (χ0v) is 9.19. The number of aryl methyl sites for hydroxylation is 1. The van der Waals surface area contributed by atoms with Crippen LogP contribution in [-0.2, 0) is 16.3 Å². The molecule has 0 aliphatic rings. The van der Waals surface area contributed by atoms with Crippen molar-refractivity contribution < 1.29 is 25.8 Å². The summed E-state index contributed by atoms with van der Waals surface area (Å²) in [6.45, 7) is 1.38. The Kier molecular flexibility index (Phi) is 3.13. The van der Waals surface area contributed by atoms with Crippen molar-refractivity contribution in [1.82, 2.24) is 4.98 Å². The summed E-state index contributed by atoms with van der Waals surface area (Å²) in [4.78, 5) is 3.06. The first-order valence-corrected chi connectivity index (χ1v) is 5.85. The molecule has 0 radical (unpaired) electrons. The summed E-state index contributed by atoms with van der Waals surface area (Å²) in [5.74, 6) is -0.588. The Balaban J connectivity index is 3.19. The van der Waals surface area contributed by atoms with Gasteiger partial charge < -0.3 is 4.18 Å². The smallest absolute Gasteiger partial charge is 0.362 e. The molecule has 1 rings (SSSR count). The summed E-state index contributed by atoms with van der Waals surface area (Å²) in [7, 11) is -3.89. The van der Waals surface area contributed by atoms with Gasteiger partial charge in [-0.1, -0.05) is 0 Å². The van der Waals surface area contributed by atoms with E-state index in [1.165, 1.54) is 6.92 Å². The predicted molar refractivity (Wildman–Crippen MR) is 49.4 cm³/mol. The second kappa shape index (κ2) is 3.93. The molecule has 0 spiro atoms. The number of rotatable bonds is 2. The van der Waals surface area contributed by atoms with Crippen LogP contribution in [0.4, 0.5) is 13.2 Å². The highest BCUT2D eigenvalue weighted by Gasteiger charge is 2.33. The summed E-state index contributed by atoms with van der Waals surface area (Å²) < 4.78 is 62.7. The highest BCUT2D eigenvalue weighted by Crippen LogP contribution is 2.29. The second-order valence-electron chi connectivity index (χ2n) is 3.15. The van der Waals surface area contributed by atoms with E-state index >= 15 is 0 Å². The van der Waals surface area contributed by atoms with Crippen molar-refractivity contribution in [1.29, 1.82) is 0 Å². The van der Waals surface area contributed by atoms with Gasteiger partial charge in [0.25, 0.3) is 0 Å². The number of alkyl halides is 3. The minimum Gasteiger partial charge on any atom is -0.362 e. The van der Waals surface area contributed by atoms with Crippen LogP contribution < -0.4 is 4.18 Å². The fourth-order valence-electron chi connectivity index (χ4n) is 0.978. The van der Waals surface area contributed by atoms with E-state index in [1.54, 1.807) is 0 Å². The largest absolute Gasteiger partial charge is 0.433 e. The van der Waals surface area contributed by atoms with Gasteiger partial charge in [-0.15, -0.1) is 0 Å². The van der Waals surface area contributed by atoms with E-state index in [2.05, 4.69) is 9.17 Å². The molecule has 8 heteroatoms. The first kappa shape index (κ1) is 12.8. The molecular weight excluding hydrogens is 247 g/mol. The van der Waals surface area contributed by atoms with E-state index in [4.69, 9.17) is 0 Å². The summed E-state index contributed by atoms with van der Waals surface area (Å²) in [6, 6.07) is 1.91. The van der Waals surface area contributed by atoms with Crippen molar-refractivity contribution in [2.75, 3.05) is 6.26 Å². The third kappa shape index (κ3) is 3.69. The molecule has 1 aromatic heterocycles. The van der Waals surface area contributed by atoms with Crippen LogP contribution in [0, 0.1) is 6.92 Å². The number of nitrogens with zero attached hydrogens (tertiary/aromatic N) is 1. The van der Waals surface area contributed by atoms with Gasteiger partial charge in [0.1, 0.15) is 5.69 Å². The summed E-state index contributed by atoms with van der Waals surface area (Å²) in [6.07, 6.45) is -3.91. The first-order chi connectivity index (χ1) is 7.08. The maximum atomic E-state index is 12.3. The lowest BCUT2D eigenvalue weighted by atomic mass is 10.2. The van der Waals surface area contributed by atoms with Gasteiger partial charge in [-0.2, -0.15) is 21.6 Å². The van der Waals surface area contributed by atoms with Gasteiger partial charge in [0.2, 0.25) is 5.88 Å². The molecule has 0 amide bonds. The number of halogens is 3. The van der Waals surface area contributed by atoms with Crippen LogP contribution in [0.25, 0.3) is 0 Å². The van der Waals surface area contributed by atoms with Gasteiger partial charge in [-0.25, -0.2) is 4.98 Å². The Morgan fingerprint density at radius 3 is 2.31 bits per heavy atom. The topological polar surface area (TPSA) is 56.3 Å². The molecule has 0 saturated heterocycles. The minimum atomic E-state index is -4.64. The van der Waals surface area contributed by atoms with Crippen LogP contribution >= 0.6 is 0 Å². The van der Waals surface area contributed by atoms with E-state index in [-0.39, 0.29) is 5.56 Å². The van der Waals surface area contributed by atoms with Crippen molar-refractivity contribution in [2.45, 2.75) is 13.1 Å². The standard InChI is InChI=1S/C8H8F3NO3S/c1-5-3-6(8(9,10)11)12-7(4-5)15-16(2,13)14/h3-4H,1-2H3. The SMILES string of the molecule is Cc1cc(OS(C)(=O)=O)nc(C(F)(F)F)c1. The molecule has 0 aromatic carbocycles. The molecule has 1 aromatic rings. The molecule has 0 aliphatic carbocycles. The first-order valence-electron chi connectivity index (χ1n) is 4.03. The van der Waals surface area contributed by atoms with Crippen molar-refractivity contribution in [3.63, 3.8) is 0 Å². The number of aromatic nitrogens is 1. The molecule has 0 unspecified atom stereocenters. The Hall–Kier alpha value is -1.31. The molecule has 1 heterocycles. The average molecular weight is 255 g/mol. The molecule has 90 valence electrons. The van der Waals surface area contributed by atoms with Crippen LogP contribution in [-0.4, -0.2) is 19.7 Å². The summed E-state index contributed by atoms with van der Waals surface area (Å²) in [5, 5.41) is 0. The van der Waals surface area contributed by atoms with Gasteiger partial charge >= 0.3 is 16.3 Å². The van der Waals surface area contributed by atoms with E-state index < -0.39 is 27.9 Å². The van der Waals surface area contributed by atoms with Crippen molar-refractivity contribution in [3.8, 4) is 5.88 Å². The zero-order valence-electron chi connectivity index (χ0n) is 8.37. The molecule has 0 aliphatic heterocycles. The third-order valence-electron chi connectivity index (χ3n) is 1.47.